The zero-order valence-electron chi connectivity index (χ0n) is 15.8. The summed E-state index contributed by atoms with van der Waals surface area (Å²) in [5.74, 6) is 1.37. The first-order valence-electron chi connectivity index (χ1n) is 9.95. The van der Waals surface area contributed by atoms with Crippen molar-refractivity contribution >= 4 is 15.7 Å². The third-order valence-electron chi connectivity index (χ3n) is 6.75. The maximum atomic E-state index is 13.1. The molecule has 7 heteroatoms. The summed E-state index contributed by atoms with van der Waals surface area (Å²) in [5.41, 5.74) is -0.0140. The van der Waals surface area contributed by atoms with Crippen LogP contribution in [0.15, 0.2) is 44.6 Å². The molecule has 6 nitrogen and oxygen atoms in total. The molecule has 1 aromatic heterocycles. The number of amides is 1. The van der Waals surface area contributed by atoms with E-state index in [-0.39, 0.29) is 26.8 Å². The second-order valence-corrected chi connectivity index (χ2v) is 10.8. The topological polar surface area (TPSA) is 89.3 Å². The minimum atomic E-state index is -3.89. The number of nitrogens with zero attached hydrogens (tertiary/aromatic N) is 1. The Kier molecular flexibility index (Phi) is 3.95. The van der Waals surface area contributed by atoms with Crippen LogP contribution in [0.5, 0.6) is 0 Å². The molecule has 1 N–H and O–H groups in total. The molecule has 4 saturated carbocycles. The number of hydrogen-bond acceptors (Lipinski definition) is 5. The fourth-order valence-electron chi connectivity index (χ4n) is 6.10. The molecule has 1 aromatic carbocycles. The first kappa shape index (κ1) is 17.9. The Morgan fingerprint density at radius 2 is 1.64 bits per heavy atom. The zero-order valence-corrected chi connectivity index (χ0v) is 16.7. The van der Waals surface area contributed by atoms with E-state index in [1.165, 1.54) is 31.4 Å². The number of nitrogens with one attached hydrogen (secondary N) is 1. The van der Waals surface area contributed by atoms with E-state index in [4.69, 9.17) is 4.52 Å². The van der Waals surface area contributed by atoms with Crippen molar-refractivity contribution in [3.05, 3.63) is 41.8 Å². The number of sulfone groups is 1. The van der Waals surface area contributed by atoms with E-state index in [9.17, 15) is 13.2 Å². The molecule has 0 atom stereocenters. The van der Waals surface area contributed by atoms with Gasteiger partial charge in [-0.2, -0.15) is 0 Å². The molecule has 4 fully saturated rings. The van der Waals surface area contributed by atoms with Gasteiger partial charge in [-0.25, -0.2) is 8.42 Å². The van der Waals surface area contributed by atoms with Gasteiger partial charge >= 0.3 is 0 Å². The van der Waals surface area contributed by atoms with E-state index in [0.29, 0.717) is 17.8 Å². The van der Waals surface area contributed by atoms with Gasteiger partial charge in [0.15, 0.2) is 0 Å². The number of carbonyl (C=O) groups is 1. The molecule has 1 amide bonds. The molecule has 4 aliphatic rings. The van der Waals surface area contributed by atoms with Crippen molar-refractivity contribution in [2.45, 2.75) is 60.8 Å². The number of benzene rings is 1. The average molecular weight is 401 g/mol. The minimum Gasteiger partial charge on any atom is -0.349 e. The Bertz CT molecular complexity index is 991. The van der Waals surface area contributed by atoms with E-state index in [2.05, 4.69) is 10.5 Å². The van der Waals surface area contributed by atoms with Gasteiger partial charge in [-0.3, -0.25) is 4.79 Å². The first-order chi connectivity index (χ1) is 13.4. The Labute approximate surface area is 164 Å². The van der Waals surface area contributed by atoms with Crippen LogP contribution < -0.4 is 5.32 Å². The Hall–Kier alpha value is -2.15. The Morgan fingerprint density at radius 1 is 1.07 bits per heavy atom. The van der Waals surface area contributed by atoms with Crippen molar-refractivity contribution in [3.8, 4) is 0 Å². The predicted molar refractivity (Wildman–Crippen MR) is 102 cm³/mol. The van der Waals surface area contributed by atoms with Gasteiger partial charge in [0.2, 0.25) is 15.6 Å². The molecule has 0 unspecified atom stereocenters. The lowest BCUT2D eigenvalue weighted by Gasteiger charge is -2.56. The van der Waals surface area contributed by atoms with Crippen LogP contribution in [0.25, 0.3) is 0 Å². The molecule has 28 heavy (non-hydrogen) atoms. The molecular formula is C21H24N2O4S. The molecule has 2 aromatic rings. The third-order valence-corrected chi connectivity index (χ3v) is 8.67. The van der Waals surface area contributed by atoms with Gasteiger partial charge < -0.3 is 9.84 Å². The van der Waals surface area contributed by atoms with Gasteiger partial charge in [-0.05, 0) is 75.3 Å². The molecule has 148 valence electrons. The smallest absolute Gasteiger partial charge is 0.291 e. The van der Waals surface area contributed by atoms with Crippen LogP contribution in [0.2, 0.25) is 0 Å². The Balaban J connectivity index is 1.47. The lowest BCUT2D eigenvalue weighted by Crippen LogP contribution is -2.59. The average Bonchev–Trinajstić information content (AvgIpc) is 3.03. The normalized spacial score (nSPS) is 31.1. The summed E-state index contributed by atoms with van der Waals surface area (Å²) in [6, 6.07) is 8.10. The zero-order chi connectivity index (χ0) is 19.5. The van der Waals surface area contributed by atoms with Crippen LogP contribution >= 0.6 is 0 Å². The highest BCUT2D eigenvalue weighted by molar-refractivity contribution is 7.91. The molecule has 0 aliphatic heterocycles. The summed E-state index contributed by atoms with van der Waals surface area (Å²) in [6.07, 6.45) is 6.76. The molecule has 6 rings (SSSR count). The Morgan fingerprint density at radius 3 is 2.21 bits per heavy atom. The van der Waals surface area contributed by atoms with Gasteiger partial charge in [0.25, 0.3) is 5.91 Å². The molecule has 0 radical (unpaired) electrons. The van der Waals surface area contributed by atoms with Crippen molar-refractivity contribution in [2.75, 3.05) is 0 Å². The molecule has 4 aliphatic carbocycles. The predicted octanol–water partition coefficient (Wildman–Crippen LogP) is 3.51. The SMILES string of the molecule is Cc1noc(C(=O)NC23CC4CC(CC(C4)C2)C3)c1S(=O)(=O)c1ccccc1. The van der Waals surface area contributed by atoms with Crippen molar-refractivity contribution in [3.63, 3.8) is 0 Å². The highest BCUT2D eigenvalue weighted by Crippen LogP contribution is 2.55. The minimum absolute atomic E-state index is 0.124. The number of rotatable bonds is 4. The van der Waals surface area contributed by atoms with Crippen LogP contribution in [0.1, 0.15) is 54.8 Å². The van der Waals surface area contributed by atoms with E-state index in [1.807, 2.05) is 0 Å². The second-order valence-electron chi connectivity index (χ2n) is 8.89. The first-order valence-corrected chi connectivity index (χ1v) is 11.4. The lowest BCUT2D eigenvalue weighted by atomic mass is 9.53. The highest BCUT2D eigenvalue weighted by atomic mass is 32.2. The molecule has 0 saturated heterocycles. The van der Waals surface area contributed by atoms with Gasteiger partial charge in [0.1, 0.15) is 10.6 Å². The quantitative estimate of drug-likeness (QED) is 0.848. The van der Waals surface area contributed by atoms with Gasteiger partial charge in [0.05, 0.1) is 4.90 Å². The maximum Gasteiger partial charge on any atom is 0.291 e. The second kappa shape index (κ2) is 6.17. The summed E-state index contributed by atoms with van der Waals surface area (Å²) < 4.78 is 31.5. The summed E-state index contributed by atoms with van der Waals surface area (Å²) in [5, 5.41) is 6.99. The fraction of sp³-hybridized carbons (Fsp3) is 0.524. The van der Waals surface area contributed by atoms with E-state index in [1.54, 1.807) is 25.1 Å². The van der Waals surface area contributed by atoms with Gasteiger partial charge in [-0.1, -0.05) is 23.4 Å². The number of hydrogen-bond donors (Lipinski definition) is 1. The van der Waals surface area contributed by atoms with Crippen LogP contribution in [-0.2, 0) is 9.84 Å². The molecule has 1 heterocycles. The largest absolute Gasteiger partial charge is 0.349 e. The molecular weight excluding hydrogens is 376 g/mol. The fourth-order valence-corrected chi connectivity index (χ4v) is 7.65. The maximum absolute atomic E-state index is 13.1. The number of aryl methyl sites for hydroxylation is 1. The third kappa shape index (κ3) is 2.79. The summed E-state index contributed by atoms with van der Waals surface area (Å²) in [4.78, 5) is 13.1. The van der Waals surface area contributed by atoms with Crippen molar-refractivity contribution in [1.82, 2.24) is 10.5 Å². The van der Waals surface area contributed by atoms with E-state index < -0.39 is 15.7 Å². The number of carbonyl (C=O) groups excluding carboxylic acids is 1. The monoisotopic (exact) mass is 400 g/mol. The van der Waals surface area contributed by atoms with E-state index >= 15 is 0 Å². The summed E-state index contributed by atoms with van der Waals surface area (Å²) in [6.45, 7) is 1.56. The highest BCUT2D eigenvalue weighted by Gasteiger charge is 2.52. The van der Waals surface area contributed by atoms with Crippen molar-refractivity contribution in [1.29, 1.82) is 0 Å². The standard InChI is InChI=1S/C21H24N2O4S/c1-13-19(28(25,26)17-5-3-2-4-6-17)18(27-23-13)20(24)22-21-10-14-7-15(11-21)9-16(8-14)12-21/h2-6,14-16H,7-12H2,1H3,(H,22,24). The molecule has 0 spiro atoms. The van der Waals surface area contributed by atoms with Gasteiger partial charge in [-0.15, -0.1) is 0 Å². The van der Waals surface area contributed by atoms with E-state index in [0.717, 1.165) is 19.3 Å². The van der Waals surface area contributed by atoms with Crippen LogP contribution in [0, 0.1) is 24.7 Å². The van der Waals surface area contributed by atoms with Crippen LogP contribution in [-0.4, -0.2) is 25.0 Å². The number of aromatic nitrogens is 1. The van der Waals surface area contributed by atoms with Crippen LogP contribution in [0.4, 0.5) is 0 Å². The summed E-state index contributed by atoms with van der Waals surface area (Å²) in [7, 11) is -3.89. The van der Waals surface area contributed by atoms with Crippen molar-refractivity contribution in [2.24, 2.45) is 17.8 Å². The summed E-state index contributed by atoms with van der Waals surface area (Å²) >= 11 is 0. The van der Waals surface area contributed by atoms with Gasteiger partial charge in [0, 0.05) is 5.54 Å². The van der Waals surface area contributed by atoms with Crippen molar-refractivity contribution < 1.29 is 17.7 Å². The molecule has 4 bridgehead atoms. The lowest BCUT2D eigenvalue weighted by molar-refractivity contribution is -0.0173. The van der Waals surface area contributed by atoms with Crippen LogP contribution in [0.3, 0.4) is 0 Å².